The highest BCUT2D eigenvalue weighted by Crippen LogP contribution is 2.18. The number of hydrogen-bond acceptors (Lipinski definition) is 4. The van der Waals surface area contributed by atoms with Crippen molar-refractivity contribution in [3.05, 3.63) is 77.4 Å². The normalized spacial score (nSPS) is 10.4. The summed E-state index contributed by atoms with van der Waals surface area (Å²) in [4.78, 5) is 20.7. The van der Waals surface area contributed by atoms with E-state index in [1.54, 1.807) is 36.4 Å². The zero-order chi connectivity index (χ0) is 17.8. The maximum Gasteiger partial charge on any atom is 0.258 e. The maximum atomic E-state index is 13.6. The number of rotatable bonds is 4. The van der Waals surface area contributed by atoms with Gasteiger partial charge in [0.2, 0.25) is 5.95 Å². The van der Waals surface area contributed by atoms with E-state index in [0.717, 1.165) is 17.1 Å². The Balaban J connectivity index is 1.70. The third-order valence-corrected chi connectivity index (χ3v) is 3.50. The van der Waals surface area contributed by atoms with Crippen molar-refractivity contribution in [1.82, 2.24) is 9.97 Å². The fourth-order valence-electron chi connectivity index (χ4n) is 2.39. The van der Waals surface area contributed by atoms with Gasteiger partial charge in [-0.15, -0.1) is 0 Å². The van der Waals surface area contributed by atoms with Crippen LogP contribution in [0.5, 0.6) is 0 Å². The first-order valence-corrected chi connectivity index (χ1v) is 7.76. The van der Waals surface area contributed by atoms with E-state index in [-0.39, 0.29) is 5.56 Å². The van der Waals surface area contributed by atoms with Crippen molar-refractivity contribution >= 4 is 23.2 Å². The standard InChI is InChI=1S/C19H17FN4O/c1-12-11-13(2)22-19(21-12)24-15-9-7-14(8-10-15)23-18(25)16-5-3-4-6-17(16)20/h3-11H,1-2H3,(H,23,25)(H,21,22,24). The topological polar surface area (TPSA) is 66.9 Å². The highest BCUT2D eigenvalue weighted by molar-refractivity contribution is 6.04. The molecule has 5 nitrogen and oxygen atoms in total. The summed E-state index contributed by atoms with van der Waals surface area (Å²) in [6.45, 7) is 3.81. The van der Waals surface area contributed by atoms with E-state index < -0.39 is 11.7 Å². The molecule has 2 aromatic carbocycles. The molecule has 0 aliphatic rings. The molecule has 0 saturated heterocycles. The molecule has 3 aromatic rings. The molecule has 1 aromatic heterocycles. The number of aryl methyl sites for hydroxylation is 2. The van der Waals surface area contributed by atoms with Gasteiger partial charge in [0.05, 0.1) is 5.56 Å². The second-order valence-corrected chi connectivity index (χ2v) is 5.61. The molecule has 126 valence electrons. The lowest BCUT2D eigenvalue weighted by Gasteiger charge is -2.09. The summed E-state index contributed by atoms with van der Waals surface area (Å²) in [6, 6.07) is 14.8. The first-order valence-electron chi connectivity index (χ1n) is 7.76. The van der Waals surface area contributed by atoms with Gasteiger partial charge < -0.3 is 10.6 Å². The molecular weight excluding hydrogens is 319 g/mol. The van der Waals surface area contributed by atoms with Gasteiger partial charge in [-0.3, -0.25) is 4.79 Å². The third-order valence-electron chi connectivity index (χ3n) is 3.50. The van der Waals surface area contributed by atoms with Crippen LogP contribution in [-0.2, 0) is 0 Å². The van der Waals surface area contributed by atoms with E-state index >= 15 is 0 Å². The van der Waals surface area contributed by atoms with Crippen molar-refractivity contribution in [1.29, 1.82) is 0 Å². The molecule has 3 rings (SSSR count). The van der Waals surface area contributed by atoms with Gasteiger partial charge in [0.25, 0.3) is 5.91 Å². The van der Waals surface area contributed by atoms with Crippen molar-refractivity contribution in [2.45, 2.75) is 13.8 Å². The molecular formula is C19H17FN4O. The Hall–Kier alpha value is -3.28. The molecule has 0 saturated carbocycles. The molecule has 0 aliphatic carbocycles. The molecule has 1 amide bonds. The Labute approximate surface area is 145 Å². The molecule has 0 atom stereocenters. The SMILES string of the molecule is Cc1cc(C)nc(Nc2ccc(NC(=O)c3ccccc3F)cc2)n1. The van der Waals surface area contributed by atoms with Crippen molar-refractivity contribution in [2.75, 3.05) is 10.6 Å². The summed E-state index contributed by atoms with van der Waals surface area (Å²) >= 11 is 0. The molecule has 6 heteroatoms. The van der Waals surface area contributed by atoms with Crippen LogP contribution in [-0.4, -0.2) is 15.9 Å². The quantitative estimate of drug-likeness (QED) is 0.748. The summed E-state index contributed by atoms with van der Waals surface area (Å²) in [7, 11) is 0. The van der Waals surface area contributed by atoms with Crippen LogP contribution in [0.15, 0.2) is 54.6 Å². The van der Waals surface area contributed by atoms with Crippen molar-refractivity contribution in [3.8, 4) is 0 Å². The van der Waals surface area contributed by atoms with Crippen LogP contribution in [0.3, 0.4) is 0 Å². The minimum atomic E-state index is -0.551. The van der Waals surface area contributed by atoms with Gasteiger partial charge >= 0.3 is 0 Å². The highest BCUT2D eigenvalue weighted by Gasteiger charge is 2.10. The van der Waals surface area contributed by atoms with E-state index in [0.29, 0.717) is 11.6 Å². The maximum absolute atomic E-state index is 13.6. The van der Waals surface area contributed by atoms with Crippen LogP contribution in [0, 0.1) is 19.7 Å². The lowest BCUT2D eigenvalue weighted by molar-refractivity contribution is 0.102. The smallest absolute Gasteiger partial charge is 0.258 e. The van der Waals surface area contributed by atoms with Gasteiger partial charge in [0, 0.05) is 22.8 Å². The zero-order valence-corrected chi connectivity index (χ0v) is 13.9. The van der Waals surface area contributed by atoms with Gasteiger partial charge in [0.1, 0.15) is 5.82 Å². The Morgan fingerprint density at radius 3 is 2.16 bits per heavy atom. The van der Waals surface area contributed by atoms with Crippen LogP contribution in [0.1, 0.15) is 21.7 Å². The molecule has 0 aliphatic heterocycles. The Kier molecular flexibility index (Phi) is 4.70. The van der Waals surface area contributed by atoms with Crippen LogP contribution >= 0.6 is 0 Å². The molecule has 0 unspecified atom stereocenters. The first kappa shape index (κ1) is 16.6. The van der Waals surface area contributed by atoms with Crippen molar-refractivity contribution in [3.63, 3.8) is 0 Å². The zero-order valence-electron chi connectivity index (χ0n) is 13.9. The number of nitrogens with zero attached hydrogens (tertiary/aromatic N) is 2. The molecule has 25 heavy (non-hydrogen) atoms. The summed E-state index contributed by atoms with van der Waals surface area (Å²) < 4.78 is 13.6. The second-order valence-electron chi connectivity index (χ2n) is 5.61. The summed E-state index contributed by atoms with van der Waals surface area (Å²) in [5.74, 6) is -0.526. The van der Waals surface area contributed by atoms with Gasteiger partial charge in [-0.25, -0.2) is 14.4 Å². The lowest BCUT2D eigenvalue weighted by Crippen LogP contribution is -2.13. The molecule has 1 heterocycles. The van der Waals surface area contributed by atoms with Crippen molar-refractivity contribution in [2.24, 2.45) is 0 Å². The number of carbonyl (C=O) groups is 1. The van der Waals surface area contributed by atoms with Crippen LogP contribution in [0.4, 0.5) is 21.7 Å². The molecule has 0 bridgehead atoms. The monoisotopic (exact) mass is 336 g/mol. The Bertz CT molecular complexity index is 889. The van der Waals surface area contributed by atoms with Crippen LogP contribution < -0.4 is 10.6 Å². The first-order chi connectivity index (χ1) is 12.0. The average Bonchev–Trinajstić information content (AvgIpc) is 2.56. The number of benzene rings is 2. The van der Waals surface area contributed by atoms with Gasteiger partial charge in [-0.2, -0.15) is 0 Å². The number of amides is 1. The van der Waals surface area contributed by atoms with Gasteiger partial charge in [-0.1, -0.05) is 12.1 Å². The average molecular weight is 336 g/mol. The van der Waals surface area contributed by atoms with E-state index in [2.05, 4.69) is 20.6 Å². The van der Waals surface area contributed by atoms with E-state index in [9.17, 15) is 9.18 Å². The number of nitrogens with one attached hydrogen (secondary N) is 2. The molecule has 0 fully saturated rings. The number of hydrogen-bond donors (Lipinski definition) is 2. The fourth-order valence-corrected chi connectivity index (χ4v) is 2.39. The summed E-state index contributed by atoms with van der Waals surface area (Å²) in [5, 5.41) is 5.78. The van der Waals surface area contributed by atoms with Gasteiger partial charge in [-0.05, 0) is 56.3 Å². The number of aromatic nitrogens is 2. The second kappa shape index (κ2) is 7.09. The minimum absolute atomic E-state index is 0.00772. The van der Waals surface area contributed by atoms with E-state index in [4.69, 9.17) is 0 Å². The predicted molar refractivity (Wildman–Crippen MR) is 95.6 cm³/mol. The van der Waals surface area contributed by atoms with E-state index in [1.807, 2.05) is 19.9 Å². The molecule has 0 radical (unpaired) electrons. The fraction of sp³-hybridized carbons (Fsp3) is 0.105. The number of anilines is 3. The molecule has 0 spiro atoms. The summed E-state index contributed by atoms with van der Waals surface area (Å²) in [6.07, 6.45) is 0. The number of halogens is 1. The van der Waals surface area contributed by atoms with Crippen molar-refractivity contribution < 1.29 is 9.18 Å². The third kappa shape index (κ3) is 4.17. The van der Waals surface area contributed by atoms with Gasteiger partial charge in [0.15, 0.2) is 0 Å². The van der Waals surface area contributed by atoms with Crippen LogP contribution in [0.2, 0.25) is 0 Å². The summed E-state index contributed by atoms with van der Waals surface area (Å²) in [5.41, 5.74) is 3.12. The lowest BCUT2D eigenvalue weighted by atomic mass is 10.2. The minimum Gasteiger partial charge on any atom is -0.324 e. The van der Waals surface area contributed by atoms with Crippen LogP contribution in [0.25, 0.3) is 0 Å². The Morgan fingerprint density at radius 2 is 1.52 bits per heavy atom. The highest BCUT2D eigenvalue weighted by atomic mass is 19.1. The Morgan fingerprint density at radius 1 is 0.920 bits per heavy atom. The number of carbonyl (C=O) groups excluding carboxylic acids is 1. The largest absolute Gasteiger partial charge is 0.324 e. The van der Waals surface area contributed by atoms with E-state index in [1.165, 1.54) is 12.1 Å². The predicted octanol–water partition coefficient (Wildman–Crippen LogP) is 4.23. The molecule has 2 N–H and O–H groups in total.